The molecule has 0 radical (unpaired) electrons. The maximum atomic E-state index is 5.43. The van der Waals surface area contributed by atoms with Crippen molar-refractivity contribution in [3.63, 3.8) is 0 Å². The van der Waals surface area contributed by atoms with Crippen molar-refractivity contribution in [1.82, 2.24) is 25.3 Å². The first-order valence-corrected chi connectivity index (χ1v) is 4.27. The summed E-state index contributed by atoms with van der Waals surface area (Å²) in [5.74, 6) is 0.138. The maximum Gasteiger partial charge on any atom is 0.263 e. The molecule has 76 valence electrons. The highest BCUT2D eigenvalue weighted by Crippen LogP contribution is 1.96. The topological polar surface area (TPSA) is 94.9 Å². The Bertz CT molecular complexity index is 487. The third-order valence-corrected chi connectivity index (χ3v) is 1.69. The summed E-state index contributed by atoms with van der Waals surface area (Å²) in [6.45, 7) is 1.91. The molecular weight excluding hydrogens is 194 g/mol. The van der Waals surface area contributed by atoms with Gasteiger partial charge in [-0.25, -0.2) is 0 Å². The van der Waals surface area contributed by atoms with Crippen LogP contribution in [0.15, 0.2) is 23.3 Å². The van der Waals surface area contributed by atoms with Crippen molar-refractivity contribution in [1.29, 1.82) is 0 Å². The van der Waals surface area contributed by atoms with E-state index in [4.69, 9.17) is 5.73 Å². The fourth-order valence-corrected chi connectivity index (χ4v) is 1.02. The van der Waals surface area contributed by atoms with Crippen molar-refractivity contribution in [3.8, 4) is 0 Å². The molecule has 2 aromatic rings. The van der Waals surface area contributed by atoms with Crippen molar-refractivity contribution < 1.29 is 0 Å². The SMILES string of the molecule is Cc1cccc(/C=N\n2nnnc2N)n1. The Kier molecular flexibility index (Phi) is 2.36. The number of nitrogen functional groups attached to an aromatic ring is 1. The molecule has 2 N–H and O–H groups in total. The highest BCUT2D eigenvalue weighted by atomic mass is 15.7. The Morgan fingerprint density at radius 3 is 3.00 bits per heavy atom. The molecule has 0 unspecified atom stereocenters. The van der Waals surface area contributed by atoms with E-state index < -0.39 is 0 Å². The number of rotatable bonds is 2. The summed E-state index contributed by atoms with van der Waals surface area (Å²) in [5, 5.41) is 14.4. The van der Waals surface area contributed by atoms with Crippen LogP contribution in [-0.2, 0) is 0 Å². The molecule has 0 aliphatic carbocycles. The fourth-order valence-electron chi connectivity index (χ4n) is 1.02. The average molecular weight is 203 g/mol. The Labute approximate surface area is 85.6 Å². The van der Waals surface area contributed by atoms with E-state index in [1.165, 1.54) is 0 Å². The van der Waals surface area contributed by atoms with E-state index in [-0.39, 0.29) is 5.95 Å². The van der Waals surface area contributed by atoms with Gasteiger partial charge in [0.15, 0.2) is 0 Å². The van der Waals surface area contributed by atoms with Crippen LogP contribution in [0.2, 0.25) is 0 Å². The van der Waals surface area contributed by atoms with E-state index in [0.717, 1.165) is 16.2 Å². The lowest BCUT2D eigenvalue weighted by Crippen LogP contribution is -2.00. The van der Waals surface area contributed by atoms with E-state index in [0.29, 0.717) is 0 Å². The summed E-state index contributed by atoms with van der Waals surface area (Å²) in [4.78, 5) is 5.36. The Hall–Kier alpha value is -2.31. The smallest absolute Gasteiger partial charge is 0.263 e. The molecule has 7 nitrogen and oxygen atoms in total. The molecule has 0 aliphatic rings. The van der Waals surface area contributed by atoms with Gasteiger partial charge in [0, 0.05) is 5.69 Å². The Morgan fingerprint density at radius 2 is 2.33 bits per heavy atom. The van der Waals surface area contributed by atoms with Gasteiger partial charge < -0.3 is 5.73 Å². The molecule has 0 aromatic carbocycles. The van der Waals surface area contributed by atoms with Crippen molar-refractivity contribution in [2.24, 2.45) is 5.10 Å². The highest BCUT2D eigenvalue weighted by Gasteiger charge is 1.96. The van der Waals surface area contributed by atoms with Gasteiger partial charge in [-0.2, -0.15) is 5.10 Å². The average Bonchev–Trinajstić information content (AvgIpc) is 2.61. The van der Waals surface area contributed by atoms with Crippen molar-refractivity contribution >= 4 is 12.2 Å². The minimum absolute atomic E-state index is 0.138. The standard InChI is InChI=1S/C8H9N7/c1-6-3-2-4-7(11-6)5-10-15-8(9)12-13-14-15/h2-5H,1H3,(H2,9,12,14)/b10-5-. The molecule has 15 heavy (non-hydrogen) atoms. The van der Waals surface area contributed by atoms with E-state index in [2.05, 4.69) is 25.6 Å². The predicted molar refractivity (Wildman–Crippen MR) is 54.2 cm³/mol. The van der Waals surface area contributed by atoms with Gasteiger partial charge in [-0.05, 0) is 29.5 Å². The lowest BCUT2D eigenvalue weighted by Gasteiger charge is -1.94. The molecular formula is C8H9N7. The summed E-state index contributed by atoms with van der Waals surface area (Å²) >= 11 is 0. The van der Waals surface area contributed by atoms with Gasteiger partial charge in [-0.3, -0.25) is 4.98 Å². The zero-order chi connectivity index (χ0) is 10.7. The fraction of sp³-hybridized carbons (Fsp3) is 0.125. The van der Waals surface area contributed by atoms with Gasteiger partial charge in [0.05, 0.1) is 11.9 Å². The van der Waals surface area contributed by atoms with Crippen LogP contribution in [-0.4, -0.2) is 31.5 Å². The maximum absolute atomic E-state index is 5.43. The minimum atomic E-state index is 0.138. The van der Waals surface area contributed by atoms with Gasteiger partial charge >= 0.3 is 0 Å². The van der Waals surface area contributed by atoms with Crippen LogP contribution in [0, 0.1) is 6.92 Å². The third-order valence-electron chi connectivity index (χ3n) is 1.69. The highest BCUT2D eigenvalue weighted by molar-refractivity contribution is 5.76. The first-order valence-electron chi connectivity index (χ1n) is 4.27. The zero-order valence-electron chi connectivity index (χ0n) is 8.07. The minimum Gasteiger partial charge on any atom is -0.365 e. The van der Waals surface area contributed by atoms with E-state index >= 15 is 0 Å². The first kappa shape index (κ1) is 9.25. The number of aryl methyl sites for hydroxylation is 1. The molecule has 2 heterocycles. The third kappa shape index (κ3) is 2.13. The summed E-state index contributed by atoms with van der Waals surface area (Å²) < 4.78 is 0. The van der Waals surface area contributed by atoms with Crippen LogP contribution >= 0.6 is 0 Å². The first-order chi connectivity index (χ1) is 7.25. The molecule has 0 saturated carbocycles. The number of nitrogens with two attached hydrogens (primary N) is 1. The molecule has 0 atom stereocenters. The van der Waals surface area contributed by atoms with E-state index in [1.54, 1.807) is 6.21 Å². The molecule has 2 rings (SSSR count). The zero-order valence-corrected chi connectivity index (χ0v) is 8.07. The van der Waals surface area contributed by atoms with Gasteiger partial charge in [0.25, 0.3) is 5.95 Å². The van der Waals surface area contributed by atoms with Crippen LogP contribution in [0.4, 0.5) is 5.95 Å². The predicted octanol–water partition coefficient (Wildman–Crippen LogP) is -0.159. The van der Waals surface area contributed by atoms with Crippen molar-refractivity contribution in [3.05, 3.63) is 29.6 Å². The number of nitrogens with zero attached hydrogens (tertiary/aromatic N) is 6. The van der Waals surface area contributed by atoms with Crippen LogP contribution < -0.4 is 5.73 Å². The van der Waals surface area contributed by atoms with Gasteiger partial charge in [0.1, 0.15) is 0 Å². The summed E-state index contributed by atoms with van der Waals surface area (Å²) in [6.07, 6.45) is 1.54. The number of anilines is 1. The molecule has 0 fully saturated rings. The monoisotopic (exact) mass is 203 g/mol. The summed E-state index contributed by atoms with van der Waals surface area (Å²) in [7, 11) is 0. The van der Waals surface area contributed by atoms with Crippen LogP contribution in [0.25, 0.3) is 0 Å². The second-order valence-electron chi connectivity index (χ2n) is 2.87. The normalized spacial score (nSPS) is 11.0. The van der Waals surface area contributed by atoms with Gasteiger partial charge in [0.2, 0.25) is 0 Å². The molecule has 0 amide bonds. The second-order valence-corrected chi connectivity index (χ2v) is 2.87. The van der Waals surface area contributed by atoms with Crippen LogP contribution in [0.3, 0.4) is 0 Å². The Balaban J connectivity index is 2.22. The molecule has 0 saturated heterocycles. The number of pyridine rings is 1. The van der Waals surface area contributed by atoms with Crippen molar-refractivity contribution in [2.75, 3.05) is 5.73 Å². The number of hydrogen-bond acceptors (Lipinski definition) is 6. The molecule has 2 aromatic heterocycles. The Morgan fingerprint density at radius 1 is 1.47 bits per heavy atom. The van der Waals surface area contributed by atoms with E-state index in [9.17, 15) is 0 Å². The van der Waals surface area contributed by atoms with Gasteiger partial charge in [-0.15, -0.1) is 0 Å². The lowest BCUT2D eigenvalue weighted by molar-refractivity contribution is 0.699. The van der Waals surface area contributed by atoms with Crippen LogP contribution in [0.1, 0.15) is 11.4 Å². The van der Waals surface area contributed by atoms with Crippen LogP contribution in [0.5, 0.6) is 0 Å². The van der Waals surface area contributed by atoms with E-state index in [1.807, 2.05) is 25.1 Å². The summed E-state index contributed by atoms with van der Waals surface area (Å²) in [6, 6.07) is 5.63. The number of tetrazole rings is 1. The lowest BCUT2D eigenvalue weighted by atomic mass is 10.3. The molecule has 0 bridgehead atoms. The molecule has 0 aliphatic heterocycles. The largest absolute Gasteiger partial charge is 0.365 e. The molecule has 7 heteroatoms. The van der Waals surface area contributed by atoms with Crippen molar-refractivity contribution in [2.45, 2.75) is 6.92 Å². The number of aromatic nitrogens is 5. The van der Waals surface area contributed by atoms with Gasteiger partial charge in [-0.1, -0.05) is 16.0 Å². The molecule has 0 spiro atoms. The quantitative estimate of drug-likeness (QED) is 0.684. The number of hydrogen-bond donors (Lipinski definition) is 1. The second kappa shape index (κ2) is 3.82. The summed E-state index contributed by atoms with van der Waals surface area (Å²) in [5.41, 5.74) is 7.07.